The summed E-state index contributed by atoms with van der Waals surface area (Å²) in [7, 11) is 0. The molecule has 0 spiro atoms. The van der Waals surface area contributed by atoms with Crippen LogP contribution >= 0.6 is 0 Å². The van der Waals surface area contributed by atoms with Gasteiger partial charge in [-0.3, -0.25) is 0 Å². The van der Waals surface area contributed by atoms with Crippen LogP contribution in [0.1, 0.15) is 58.4 Å². The monoisotopic (exact) mass is 221 g/mol. The van der Waals surface area contributed by atoms with E-state index in [4.69, 9.17) is 0 Å². The highest BCUT2D eigenvalue weighted by atomic mass is 15.2. The van der Waals surface area contributed by atoms with Gasteiger partial charge in [0.1, 0.15) is 0 Å². The second-order valence-corrected chi connectivity index (χ2v) is 4.93. The van der Waals surface area contributed by atoms with E-state index in [0.29, 0.717) is 12.1 Å². The molecule has 1 aromatic rings. The molecular weight excluding hydrogens is 198 g/mol. The molecule has 1 heterocycles. The predicted molar refractivity (Wildman–Crippen MR) is 67.7 cm³/mol. The fraction of sp³-hybridized carbons (Fsp3) is 0.769. The number of hydrogen-bond acceptors (Lipinski definition) is 2. The second-order valence-electron chi connectivity index (χ2n) is 4.93. The summed E-state index contributed by atoms with van der Waals surface area (Å²) in [6, 6.07) is 1.20. The van der Waals surface area contributed by atoms with E-state index in [1.165, 1.54) is 38.5 Å². The smallest absolute Gasteiger partial charge is 0.203 e. The first-order chi connectivity index (χ1) is 7.81. The molecule has 16 heavy (non-hydrogen) atoms. The topological polar surface area (TPSA) is 29.9 Å². The summed E-state index contributed by atoms with van der Waals surface area (Å²) in [6.07, 6.45) is 11.8. The van der Waals surface area contributed by atoms with Gasteiger partial charge in [0.15, 0.2) is 0 Å². The molecule has 3 heteroatoms. The fourth-order valence-corrected chi connectivity index (χ4v) is 2.63. The van der Waals surface area contributed by atoms with Crippen LogP contribution in [0.25, 0.3) is 0 Å². The minimum absolute atomic E-state index is 0.521. The summed E-state index contributed by atoms with van der Waals surface area (Å²) < 4.78 is 2.33. The van der Waals surface area contributed by atoms with Gasteiger partial charge in [-0.2, -0.15) is 0 Å². The molecule has 0 saturated heterocycles. The standard InChI is InChI=1S/C13H23N3/c1-3-6-11(2)15-13-14-9-10-16(13)12-7-4-5-8-12/h9-12H,3-8H2,1-2H3,(H,14,15). The van der Waals surface area contributed by atoms with Crippen LogP contribution in [-0.4, -0.2) is 15.6 Å². The summed E-state index contributed by atoms with van der Waals surface area (Å²) in [5, 5.41) is 3.52. The summed E-state index contributed by atoms with van der Waals surface area (Å²) in [5.41, 5.74) is 0. The van der Waals surface area contributed by atoms with E-state index in [2.05, 4.69) is 34.9 Å². The lowest BCUT2D eigenvalue weighted by molar-refractivity contribution is 0.519. The number of nitrogens with zero attached hydrogens (tertiary/aromatic N) is 2. The highest BCUT2D eigenvalue weighted by molar-refractivity contribution is 5.28. The quantitative estimate of drug-likeness (QED) is 0.823. The molecule has 1 aromatic heterocycles. The van der Waals surface area contributed by atoms with Gasteiger partial charge in [0.05, 0.1) is 0 Å². The van der Waals surface area contributed by atoms with Crippen LogP contribution in [0, 0.1) is 0 Å². The largest absolute Gasteiger partial charge is 0.353 e. The Kier molecular flexibility index (Phi) is 3.86. The number of anilines is 1. The Bertz CT molecular complexity index is 313. The number of hydrogen-bond donors (Lipinski definition) is 1. The first kappa shape index (κ1) is 11.5. The summed E-state index contributed by atoms with van der Waals surface area (Å²) in [4.78, 5) is 4.43. The van der Waals surface area contributed by atoms with E-state index in [9.17, 15) is 0 Å². The number of nitrogens with one attached hydrogen (secondary N) is 1. The third kappa shape index (κ3) is 2.57. The third-order valence-corrected chi connectivity index (χ3v) is 3.48. The maximum atomic E-state index is 4.43. The van der Waals surface area contributed by atoms with Crippen molar-refractivity contribution < 1.29 is 0 Å². The van der Waals surface area contributed by atoms with Gasteiger partial charge in [-0.15, -0.1) is 0 Å². The molecule has 1 atom stereocenters. The zero-order valence-corrected chi connectivity index (χ0v) is 10.4. The van der Waals surface area contributed by atoms with Crippen molar-refractivity contribution in [3.8, 4) is 0 Å². The van der Waals surface area contributed by atoms with Crippen LogP contribution in [-0.2, 0) is 0 Å². The Morgan fingerprint density at radius 3 is 2.94 bits per heavy atom. The van der Waals surface area contributed by atoms with Crippen molar-refractivity contribution in [2.45, 2.75) is 64.5 Å². The average Bonchev–Trinajstić information content (AvgIpc) is 2.86. The van der Waals surface area contributed by atoms with Crippen molar-refractivity contribution in [1.82, 2.24) is 9.55 Å². The minimum atomic E-state index is 0.521. The van der Waals surface area contributed by atoms with E-state index in [1.807, 2.05) is 6.20 Å². The van der Waals surface area contributed by atoms with Crippen LogP contribution in [0.2, 0.25) is 0 Å². The van der Waals surface area contributed by atoms with Gasteiger partial charge < -0.3 is 9.88 Å². The Balaban J connectivity index is 2.00. The van der Waals surface area contributed by atoms with Crippen molar-refractivity contribution in [3.63, 3.8) is 0 Å². The molecule has 1 fully saturated rings. The van der Waals surface area contributed by atoms with Gasteiger partial charge >= 0.3 is 0 Å². The van der Waals surface area contributed by atoms with Crippen molar-refractivity contribution >= 4 is 5.95 Å². The SMILES string of the molecule is CCCC(C)Nc1nccn1C1CCCC1. The van der Waals surface area contributed by atoms with Crippen LogP contribution < -0.4 is 5.32 Å². The van der Waals surface area contributed by atoms with E-state index in [-0.39, 0.29) is 0 Å². The molecule has 0 aliphatic heterocycles. The van der Waals surface area contributed by atoms with E-state index < -0.39 is 0 Å². The molecule has 0 radical (unpaired) electrons. The van der Waals surface area contributed by atoms with Crippen LogP contribution in [0.4, 0.5) is 5.95 Å². The molecule has 1 aliphatic rings. The molecule has 3 nitrogen and oxygen atoms in total. The lowest BCUT2D eigenvalue weighted by atomic mass is 10.2. The lowest BCUT2D eigenvalue weighted by Crippen LogP contribution is -2.19. The average molecular weight is 221 g/mol. The summed E-state index contributed by atoms with van der Waals surface area (Å²) in [6.45, 7) is 4.46. The van der Waals surface area contributed by atoms with Crippen LogP contribution in [0.3, 0.4) is 0 Å². The van der Waals surface area contributed by atoms with Crippen molar-refractivity contribution in [3.05, 3.63) is 12.4 Å². The Morgan fingerprint density at radius 2 is 2.25 bits per heavy atom. The first-order valence-corrected chi connectivity index (χ1v) is 6.60. The zero-order valence-electron chi connectivity index (χ0n) is 10.4. The molecule has 0 aromatic carbocycles. The van der Waals surface area contributed by atoms with E-state index in [1.54, 1.807) is 0 Å². The highest BCUT2D eigenvalue weighted by Gasteiger charge is 2.19. The van der Waals surface area contributed by atoms with Crippen molar-refractivity contribution in [2.75, 3.05) is 5.32 Å². The van der Waals surface area contributed by atoms with E-state index >= 15 is 0 Å². The van der Waals surface area contributed by atoms with Gasteiger partial charge in [-0.25, -0.2) is 4.98 Å². The zero-order chi connectivity index (χ0) is 11.4. The van der Waals surface area contributed by atoms with Gasteiger partial charge in [-0.1, -0.05) is 26.2 Å². The summed E-state index contributed by atoms with van der Waals surface area (Å²) in [5.74, 6) is 1.06. The van der Waals surface area contributed by atoms with Gasteiger partial charge in [0, 0.05) is 24.5 Å². The number of rotatable bonds is 5. The number of imidazole rings is 1. The second kappa shape index (κ2) is 5.37. The van der Waals surface area contributed by atoms with Gasteiger partial charge in [-0.05, 0) is 26.2 Å². The predicted octanol–water partition coefficient (Wildman–Crippen LogP) is 3.60. The molecule has 2 rings (SSSR count). The molecular formula is C13H23N3. The lowest BCUT2D eigenvalue weighted by Gasteiger charge is -2.19. The normalized spacial score (nSPS) is 18.9. The van der Waals surface area contributed by atoms with Crippen LogP contribution in [0.15, 0.2) is 12.4 Å². The number of aromatic nitrogens is 2. The molecule has 0 amide bonds. The molecule has 1 N–H and O–H groups in total. The first-order valence-electron chi connectivity index (χ1n) is 6.60. The van der Waals surface area contributed by atoms with Crippen molar-refractivity contribution in [2.24, 2.45) is 0 Å². The Labute approximate surface area is 98.3 Å². The maximum absolute atomic E-state index is 4.43. The molecule has 1 aliphatic carbocycles. The van der Waals surface area contributed by atoms with E-state index in [0.717, 1.165) is 5.95 Å². The minimum Gasteiger partial charge on any atom is -0.353 e. The fourth-order valence-electron chi connectivity index (χ4n) is 2.63. The van der Waals surface area contributed by atoms with Crippen molar-refractivity contribution in [1.29, 1.82) is 0 Å². The van der Waals surface area contributed by atoms with Gasteiger partial charge in [0.2, 0.25) is 5.95 Å². The molecule has 90 valence electrons. The Hall–Kier alpha value is -0.990. The summed E-state index contributed by atoms with van der Waals surface area (Å²) >= 11 is 0. The molecule has 1 saturated carbocycles. The molecule has 0 bridgehead atoms. The third-order valence-electron chi connectivity index (χ3n) is 3.48. The highest BCUT2D eigenvalue weighted by Crippen LogP contribution is 2.31. The Morgan fingerprint density at radius 1 is 1.50 bits per heavy atom. The molecule has 1 unspecified atom stereocenters. The van der Waals surface area contributed by atoms with Gasteiger partial charge in [0.25, 0.3) is 0 Å². The maximum Gasteiger partial charge on any atom is 0.203 e. The van der Waals surface area contributed by atoms with Crippen LogP contribution in [0.5, 0.6) is 0 Å².